The van der Waals surface area contributed by atoms with Crippen LogP contribution in [0.5, 0.6) is 5.75 Å². The van der Waals surface area contributed by atoms with Crippen molar-refractivity contribution in [2.24, 2.45) is 5.41 Å². The first-order valence-corrected chi connectivity index (χ1v) is 25.7. The van der Waals surface area contributed by atoms with Crippen molar-refractivity contribution in [3.63, 3.8) is 0 Å². The number of amides is 3. The molecule has 1 fully saturated rings. The fourth-order valence-electron chi connectivity index (χ4n) is 9.86. The summed E-state index contributed by atoms with van der Waals surface area (Å²) in [5, 5.41) is 16.3. The molecule has 3 aromatic carbocycles. The molecule has 13 nitrogen and oxygen atoms in total. The third kappa shape index (κ3) is 13.3. The number of benzene rings is 3. The normalized spacial score (nSPS) is 20.5. The second-order valence-corrected chi connectivity index (χ2v) is 21.8. The Balaban J connectivity index is 0.832. The molecule has 3 N–H and O–H groups in total. The number of hydrogen-bond donors (Lipinski definition) is 3. The van der Waals surface area contributed by atoms with Crippen molar-refractivity contribution in [1.29, 1.82) is 0 Å². The lowest BCUT2D eigenvalue weighted by atomic mass is 9.84. The Bertz CT molecular complexity index is 2560. The van der Waals surface area contributed by atoms with E-state index >= 15 is 13.2 Å². The molecule has 0 bridgehead atoms. The topological polar surface area (TPSA) is 152 Å². The van der Waals surface area contributed by atoms with Crippen LogP contribution in [0.15, 0.2) is 71.7 Å². The monoisotopic (exact) mass is 1020 g/mol. The molecule has 3 aliphatic rings. The maximum absolute atomic E-state index is 16.1. The molecule has 3 amide bonds. The predicted molar refractivity (Wildman–Crippen MR) is 271 cm³/mol. The summed E-state index contributed by atoms with van der Waals surface area (Å²) in [4.78, 5) is 49.2. The first-order valence-electron chi connectivity index (χ1n) is 24.8. The van der Waals surface area contributed by atoms with Gasteiger partial charge in [-0.05, 0) is 93.2 Å². The molecular weight excluding hydrogens is 948 g/mol. The van der Waals surface area contributed by atoms with Crippen molar-refractivity contribution >= 4 is 34.6 Å². The zero-order valence-corrected chi connectivity index (χ0v) is 43.7. The summed E-state index contributed by atoms with van der Waals surface area (Å²) in [7, 11) is 0. The molecule has 2 aliphatic heterocycles. The van der Waals surface area contributed by atoms with Gasteiger partial charge in [0.1, 0.15) is 48.4 Å². The quantitative estimate of drug-likeness (QED) is 0.0696. The van der Waals surface area contributed by atoms with E-state index in [4.69, 9.17) is 18.9 Å². The van der Waals surface area contributed by atoms with Crippen LogP contribution in [0.1, 0.15) is 102 Å². The van der Waals surface area contributed by atoms with Crippen molar-refractivity contribution in [2.75, 3.05) is 46.1 Å². The van der Waals surface area contributed by atoms with E-state index in [1.165, 1.54) is 30.9 Å². The van der Waals surface area contributed by atoms with Crippen LogP contribution in [0.3, 0.4) is 0 Å². The van der Waals surface area contributed by atoms with Crippen LogP contribution in [0, 0.1) is 24.0 Å². The lowest BCUT2D eigenvalue weighted by molar-refractivity contribution is -0.144. The maximum Gasteiger partial charge on any atom is 0.246 e. The molecular formula is C55H70F3N5O8S. The van der Waals surface area contributed by atoms with Crippen molar-refractivity contribution in [2.45, 2.75) is 136 Å². The smallest absolute Gasteiger partial charge is 0.246 e. The second kappa shape index (κ2) is 23.4. The van der Waals surface area contributed by atoms with Crippen LogP contribution in [0.2, 0.25) is 0 Å². The number of aryl methyl sites for hydroxylation is 1. The van der Waals surface area contributed by atoms with Crippen molar-refractivity contribution in [3.05, 3.63) is 111 Å². The summed E-state index contributed by atoms with van der Waals surface area (Å²) in [6.45, 7) is 16.1. The van der Waals surface area contributed by atoms with Gasteiger partial charge in [0, 0.05) is 49.8 Å². The zero-order valence-electron chi connectivity index (χ0n) is 42.9. The van der Waals surface area contributed by atoms with Gasteiger partial charge in [0.2, 0.25) is 17.7 Å². The standard InChI is InChI=1S/C55H70F3N5O8S/c1-32-22-42-41-13-11-10-12-38(41)23-43(42)49(63(32)30-55(8,9)58)48-44(56)25-40(26-45(48)57)71-21-20-70-35(4)34(3)69-19-18-68-29-47(65)61-51(54(5,6)7)53(67)62-28-39(64)24-46(62)52(66)59-27-36-14-16-37(17-15-36)50-33(2)60-31-72-50/h10-17,25-26,31-32,34-35,39,46,49,51,64H,18-24,27-30H2,1-9H3,(H,59,66)(H,61,65)/t32-,34-,35-,39-,46+,49+,51-/m1/s1. The SMILES string of the molecule is Cc1ncsc1-c1ccc(CNC(=O)[C@@H]2C[C@@H](O)CN2C(=O)[C@@H](NC(=O)COCCO[C@H](C)[C@@H](C)OCCOc2cc(F)c([C@@H]3C4=C(C[C@@H](C)N3CC(C)(C)F)c3ccccc3C4)c(F)c2)C(C)(C)C)cc1. The Morgan fingerprint density at radius 1 is 0.944 bits per heavy atom. The fraction of sp³-hybridized carbons (Fsp3) is 0.527. The Morgan fingerprint density at radius 2 is 1.61 bits per heavy atom. The molecule has 0 spiro atoms. The lowest BCUT2D eigenvalue weighted by Crippen LogP contribution is -2.58. The van der Waals surface area contributed by atoms with Crippen molar-refractivity contribution in [1.82, 2.24) is 25.4 Å². The minimum atomic E-state index is -1.59. The molecule has 72 heavy (non-hydrogen) atoms. The molecule has 0 saturated carbocycles. The zero-order chi connectivity index (χ0) is 52.1. The Hall–Kier alpha value is -5.17. The van der Waals surface area contributed by atoms with E-state index in [1.54, 1.807) is 16.8 Å². The van der Waals surface area contributed by atoms with Gasteiger partial charge in [-0.25, -0.2) is 18.2 Å². The van der Waals surface area contributed by atoms with E-state index in [1.807, 2.05) is 102 Å². The Morgan fingerprint density at radius 3 is 2.25 bits per heavy atom. The van der Waals surface area contributed by atoms with E-state index in [-0.39, 0.29) is 76.4 Å². The van der Waals surface area contributed by atoms with E-state index < -0.39 is 76.9 Å². The molecule has 1 aromatic heterocycles. The average Bonchev–Trinajstić information content (AvgIpc) is 4.04. The van der Waals surface area contributed by atoms with Crippen LogP contribution in [-0.4, -0.2) is 126 Å². The number of ether oxygens (including phenoxy) is 4. The number of nitrogens with one attached hydrogen (secondary N) is 2. The molecule has 7 atom stereocenters. The fourth-order valence-corrected chi connectivity index (χ4v) is 10.7. The number of β-amino-alcohol motifs (C(OH)–C–C–N with tert-alkyl or cyclic N) is 1. The van der Waals surface area contributed by atoms with Crippen molar-refractivity contribution in [3.8, 4) is 16.2 Å². The number of aliphatic hydroxyl groups excluding tert-OH is 1. The highest BCUT2D eigenvalue weighted by molar-refractivity contribution is 7.13. The van der Waals surface area contributed by atoms with E-state index in [0.717, 1.165) is 44.0 Å². The molecule has 17 heteroatoms. The third-order valence-corrected chi connectivity index (χ3v) is 14.6. The van der Waals surface area contributed by atoms with Gasteiger partial charge in [-0.3, -0.25) is 19.3 Å². The number of hydrogen-bond acceptors (Lipinski definition) is 11. The van der Waals surface area contributed by atoms with Crippen LogP contribution in [0.25, 0.3) is 16.0 Å². The lowest BCUT2D eigenvalue weighted by Gasteiger charge is -2.44. The molecule has 0 radical (unpaired) electrons. The van der Waals surface area contributed by atoms with E-state index in [2.05, 4.69) is 15.6 Å². The minimum Gasteiger partial charge on any atom is -0.491 e. The number of nitrogens with zero attached hydrogens (tertiary/aromatic N) is 3. The predicted octanol–water partition coefficient (Wildman–Crippen LogP) is 8.30. The first kappa shape index (κ1) is 54.6. The number of carbonyl (C=O) groups is 3. The highest BCUT2D eigenvalue weighted by Crippen LogP contribution is 2.50. The first-order chi connectivity index (χ1) is 34.1. The summed E-state index contributed by atoms with van der Waals surface area (Å²) < 4.78 is 70.6. The number of rotatable bonds is 21. The number of likely N-dealkylation sites (tertiary alicyclic amines) is 1. The number of aliphatic hydroxyl groups is 1. The molecule has 4 aromatic rings. The van der Waals surface area contributed by atoms with Gasteiger partial charge in [-0.15, -0.1) is 11.3 Å². The number of halogens is 3. The maximum atomic E-state index is 16.1. The molecule has 0 unspecified atom stereocenters. The van der Waals surface area contributed by atoms with Gasteiger partial charge >= 0.3 is 0 Å². The van der Waals surface area contributed by atoms with Gasteiger partial charge < -0.3 is 39.6 Å². The molecule has 3 heterocycles. The number of carbonyl (C=O) groups excluding carboxylic acids is 3. The van der Waals surface area contributed by atoms with E-state index in [9.17, 15) is 19.5 Å². The van der Waals surface area contributed by atoms with Crippen LogP contribution in [0.4, 0.5) is 13.2 Å². The van der Waals surface area contributed by atoms with Gasteiger partial charge in [0.25, 0.3) is 0 Å². The minimum absolute atomic E-state index is 0.00900. The Kier molecular flexibility index (Phi) is 17.7. The summed E-state index contributed by atoms with van der Waals surface area (Å²) in [5.74, 6) is -2.92. The Labute approximate surface area is 425 Å². The molecule has 1 aliphatic carbocycles. The van der Waals surface area contributed by atoms with E-state index in [0.29, 0.717) is 12.8 Å². The second-order valence-electron chi connectivity index (χ2n) is 21.0. The van der Waals surface area contributed by atoms with Crippen LogP contribution >= 0.6 is 11.3 Å². The number of thiazole rings is 1. The number of aromatic nitrogens is 1. The molecule has 7 rings (SSSR count). The highest BCUT2D eigenvalue weighted by Gasteiger charge is 2.45. The van der Waals surface area contributed by atoms with Gasteiger partial charge in [0.15, 0.2) is 0 Å². The number of alkyl halides is 1. The largest absolute Gasteiger partial charge is 0.491 e. The summed E-state index contributed by atoms with van der Waals surface area (Å²) in [6.07, 6.45) is -0.424. The third-order valence-electron chi connectivity index (χ3n) is 13.7. The van der Waals surface area contributed by atoms with Gasteiger partial charge in [0.05, 0.1) is 60.3 Å². The molecule has 390 valence electrons. The summed E-state index contributed by atoms with van der Waals surface area (Å²) in [5.41, 5.74) is 6.38. The van der Waals surface area contributed by atoms with Crippen LogP contribution < -0.4 is 15.4 Å². The highest BCUT2D eigenvalue weighted by atomic mass is 32.1. The number of fused-ring (bicyclic) bond motifs is 2. The van der Waals surface area contributed by atoms with Crippen LogP contribution in [-0.2, 0) is 41.6 Å². The summed E-state index contributed by atoms with van der Waals surface area (Å²) in [6, 6.07) is 15.3. The van der Waals surface area contributed by atoms with Gasteiger partial charge in [-0.2, -0.15) is 0 Å². The van der Waals surface area contributed by atoms with Crippen molar-refractivity contribution < 1.29 is 51.6 Å². The van der Waals surface area contributed by atoms with Gasteiger partial charge in [-0.1, -0.05) is 69.3 Å². The summed E-state index contributed by atoms with van der Waals surface area (Å²) >= 11 is 1.56. The average molecular weight is 1020 g/mol. The molecule has 1 saturated heterocycles.